The lowest BCUT2D eigenvalue weighted by Gasteiger charge is -2.30. The molecular formula is C26H38O4. The molecule has 4 heteroatoms. The van der Waals surface area contributed by atoms with Gasteiger partial charge in [-0.15, -0.1) is 0 Å². The Morgan fingerprint density at radius 2 is 1.37 bits per heavy atom. The third kappa shape index (κ3) is 6.23. The van der Waals surface area contributed by atoms with Crippen molar-refractivity contribution in [3.63, 3.8) is 0 Å². The van der Waals surface area contributed by atoms with Crippen LogP contribution in [0.5, 0.6) is 5.75 Å². The lowest BCUT2D eigenvalue weighted by Crippen LogP contribution is -2.28. The van der Waals surface area contributed by atoms with Gasteiger partial charge in [-0.2, -0.15) is 0 Å². The quantitative estimate of drug-likeness (QED) is 0.376. The highest BCUT2D eigenvalue weighted by molar-refractivity contribution is 5.72. The number of hydrogen-bond acceptors (Lipinski definition) is 4. The first-order valence-corrected chi connectivity index (χ1v) is 12.3. The largest absolute Gasteiger partial charge is 0.468 e. The molecule has 1 aromatic carbocycles. The predicted octanol–water partition coefficient (Wildman–Crippen LogP) is 6.52. The third-order valence-corrected chi connectivity index (χ3v) is 7.33. The standard InChI is InChI=1S/C26H38O4/c27-26(22-7-3-1-4-8-22)30-25-17-13-21(14-18-25)20-11-15-24(16-12-20)29-19-28-23-9-5-2-6-10-23/h11-12,15-16,21-23,25H,1-10,13-14,17-19H2. The van der Waals surface area contributed by atoms with E-state index in [0.29, 0.717) is 18.8 Å². The summed E-state index contributed by atoms with van der Waals surface area (Å²) in [6.07, 6.45) is 16.6. The van der Waals surface area contributed by atoms with Crippen molar-refractivity contribution in [2.24, 2.45) is 5.92 Å². The van der Waals surface area contributed by atoms with Crippen molar-refractivity contribution in [2.75, 3.05) is 6.79 Å². The molecule has 0 N–H and O–H groups in total. The molecule has 0 spiro atoms. The van der Waals surface area contributed by atoms with Crippen molar-refractivity contribution in [2.45, 2.75) is 108 Å². The molecule has 0 radical (unpaired) electrons. The molecule has 4 rings (SSSR count). The van der Waals surface area contributed by atoms with Gasteiger partial charge in [0.2, 0.25) is 0 Å². The minimum absolute atomic E-state index is 0.0649. The molecule has 166 valence electrons. The van der Waals surface area contributed by atoms with E-state index in [1.54, 1.807) is 0 Å². The average Bonchev–Trinajstić information content (AvgIpc) is 2.81. The second-order valence-electron chi connectivity index (χ2n) is 9.50. The highest BCUT2D eigenvalue weighted by Gasteiger charge is 2.28. The Kier molecular flexibility index (Phi) is 8.08. The molecular weight excluding hydrogens is 376 g/mol. The number of rotatable bonds is 7. The molecule has 3 aliphatic carbocycles. The van der Waals surface area contributed by atoms with Gasteiger partial charge in [0.1, 0.15) is 11.9 Å². The second-order valence-corrected chi connectivity index (χ2v) is 9.50. The Hall–Kier alpha value is -1.55. The molecule has 1 aromatic rings. The zero-order chi connectivity index (χ0) is 20.6. The van der Waals surface area contributed by atoms with Gasteiger partial charge in [0.05, 0.1) is 12.0 Å². The minimum Gasteiger partial charge on any atom is -0.468 e. The summed E-state index contributed by atoms with van der Waals surface area (Å²) in [5, 5.41) is 0. The fraction of sp³-hybridized carbons (Fsp3) is 0.731. The number of esters is 1. The predicted molar refractivity (Wildman–Crippen MR) is 118 cm³/mol. The molecule has 3 fully saturated rings. The van der Waals surface area contributed by atoms with E-state index in [1.165, 1.54) is 56.9 Å². The summed E-state index contributed by atoms with van der Waals surface area (Å²) in [7, 11) is 0. The summed E-state index contributed by atoms with van der Waals surface area (Å²) in [5.74, 6) is 1.66. The maximum absolute atomic E-state index is 12.4. The first-order valence-electron chi connectivity index (χ1n) is 12.3. The van der Waals surface area contributed by atoms with Gasteiger partial charge in [-0.05, 0) is 75.0 Å². The molecule has 3 saturated carbocycles. The van der Waals surface area contributed by atoms with Crippen molar-refractivity contribution in [3.05, 3.63) is 29.8 Å². The van der Waals surface area contributed by atoms with Crippen LogP contribution in [0.4, 0.5) is 0 Å². The van der Waals surface area contributed by atoms with E-state index in [-0.39, 0.29) is 18.0 Å². The number of ether oxygens (including phenoxy) is 3. The van der Waals surface area contributed by atoms with Gasteiger partial charge in [0.15, 0.2) is 6.79 Å². The van der Waals surface area contributed by atoms with Crippen LogP contribution in [0.3, 0.4) is 0 Å². The van der Waals surface area contributed by atoms with Crippen LogP contribution in [-0.2, 0) is 14.3 Å². The molecule has 0 saturated heterocycles. The Labute approximate surface area is 181 Å². The molecule has 0 heterocycles. The molecule has 0 unspecified atom stereocenters. The van der Waals surface area contributed by atoms with Crippen LogP contribution in [0.25, 0.3) is 0 Å². The summed E-state index contributed by atoms with van der Waals surface area (Å²) < 4.78 is 17.5. The van der Waals surface area contributed by atoms with E-state index in [0.717, 1.165) is 44.3 Å². The van der Waals surface area contributed by atoms with Gasteiger partial charge >= 0.3 is 5.97 Å². The Morgan fingerprint density at radius 3 is 2.03 bits per heavy atom. The van der Waals surface area contributed by atoms with Crippen molar-refractivity contribution in [1.29, 1.82) is 0 Å². The monoisotopic (exact) mass is 414 g/mol. The zero-order valence-electron chi connectivity index (χ0n) is 18.4. The van der Waals surface area contributed by atoms with Crippen LogP contribution in [0, 0.1) is 5.92 Å². The van der Waals surface area contributed by atoms with Crippen LogP contribution in [0.15, 0.2) is 24.3 Å². The summed E-state index contributed by atoms with van der Waals surface area (Å²) >= 11 is 0. The molecule has 0 bridgehead atoms. The van der Waals surface area contributed by atoms with Gasteiger partial charge < -0.3 is 14.2 Å². The smallest absolute Gasteiger partial charge is 0.309 e. The van der Waals surface area contributed by atoms with E-state index in [4.69, 9.17) is 14.2 Å². The van der Waals surface area contributed by atoms with Crippen LogP contribution in [0.2, 0.25) is 0 Å². The lowest BCUT2D eigenvalue weighted by atomic mass is 9.82. The van der Waals surface area contributed by atoms with Gasteiger partial charge in [-0.25, -0.2) is 0 Å². The Morgan fingerprint density at radius 1 is 0.733 bits per heavy atom. The first-order chi connectivity index (χ1) is 14.8. The van der Waals surface area contributed by atoms with E-state index >= 15 is 0 Å². The minimum atomic E-state index is 0.0649. The van der Waals surface area contributed by atoms with Crippen LogP contribution < -0.4 is 4.74 Å². The van der Waals surface area contributed by atoms with Crippen LogP contribution in [0.1, 0.15) is 101 Å². The molecule has 3 aliphatic rings. The van der Waals surface area contributed by atoms with Gasteiger partial charge in [0, 0.05) is 0 Å². The zero-order valence-corrected chi connectivity index (χ0v) is 18.4. The summed E-state index contributed by atoms with van der Waals surface area (Å²) in [4.78, 5) is 12.4. The number of benzene rings is 1. The normalized spacial score (nSPS) is 26.3. The fourth-order valence-electron chi connectivity index (χ4n) is 5.38. The summed E-state index contributed by atoms with van der Waals surface area (Å²) in [6.45, 7) is 0.349. The maximum Gasteiger partial charge on any atom is 0.309 e. The maximum atomic E-state index is 12.4. The van der Waals surface area contributed by atoms with Crippen LogP contribution >= 0.6 is 0 Å². The molecule has 0 aliphatic heterocycles. The number of carbonyl (C=O) groups excluding carboxylic acids is 1. The van der Waals surface area contributed by atoms with Gasteiger partial charge in [0.25, 0.3) is 0 Å². The van der Waals surface area contributed by atoms with Crippen molar-refractivity contribution >= 4 is 5.97 Å². The van der Waals surface area contributed by atoms with E-state index < -0.39 is 0 Å². The molecule has 0 amide bonds. The van der Waals surface area contributed by atoms with Crippen LogP contribution in [-0.4, -0.2) is 25.0 Å². The van der Waals surface area contributed by atoms with E-state index in [2.05, 4.69) is 24.3 Å². The lowest BCUT2D eigenvalue weighted by molar-refractivity contribution is -0.156. The second kappa shape index (κ2) is 11.2. The average molecular weight is 415 g/mol. The fourth-order valence-corrected chi connectivity index (χ4v) is 5.38. The highest BCUT2D eigenvalue weighted by atomic mass is 16.7. The van der Waals surface area contributed by atoms with Crippen molar-refractivity contribution in [3.8, 4) is 5.75 Å². The SMILES string of the molecule is O=C(OC1CCC(c2ccc(OCOC3CCCCC3)cc2)CC1)C1CCCCC1. The van der Waals surface area contributed by atoms with Gasteiger partial charge in [-0.1, -0.05) is 50.7 Å². The summed E-state index contributed by atoms with van der Waals surface area (Å²) in [6, 6.07) is 8.51. The molecule has 0 atom stereocenters. The topological polar surface area (TPSA) is 44.8 Å². The summed E-state index contributed by atoms with van der Waals surface area (Å²) in [5.41, 5.74) is 1.37. The molecule has 4 nitrogen and oxygen atoms in total. The van der Waals surface area contributed by atoms with Gasteiger partial charge in [-0.3, -0.25) is 4.79 Å². The number of hydrogen-bond donors (Lipinski definition) is 0. The van der Waals surface area contributed by atoms with Crippen molar-refractivity contribution < 1.29 is 19.0 Å². The van der Waals surface area contributed by atoms with E-state index in [1.807, 2.05) is 0 Å². The Balaban J connectivity index is 1.16. The van der Waals surface area contributed by atoms with E-state index in [9.17, 15) is 4.79 Å². The Bertz CT molecular complexity index is 636. The molecule has 0 aromatic heterocycles. The number of carbonyl (C=O) groups is 1. The third-order valence-electron chi connectivity index (χ3n) is 7.33. The van der Waals surface area contributed by atoms with Crippen molar-refractivity contribution in [1.82, 2.24) is 0 Å². The first kappa shape index (κ1) is 21.7. The molecule has 30 heavy (non-hydrogen) atoms. The highest BCUT2D eigenvalue weighted by Crippen LogP contribution is 2.35.